The number of aromatic amines is 1. The molecule has 0 radical (unpaired) electrons. The van der Waals surface area contributed by atoms with Crippen molar-refractivity contribution in [1.29, 1.82) is 0 Å². The molecule has 23 heavy (non-hydrogen) atoms. The van der Waals surface area contributed by atoms with E-state index in [9.17, 15) is 5.11 Å². The summed E-state index contributed by atoms with van der Waals surface area (Å²) in [6, 6.07) is 12.5. The number of rotatable bonds is 5. The highest BCUT2D eigenvalue weighted by Gasteiger charge is 2.03. The third kappa shape index (κ3) is 3.34. The number of ether oxygens (including phenoxy) is 1. The summed E-state index contributed by atoms with van der Waals surface area (Å²) in [4.78, 5) is 4.34. The Balaban J connectivity index is 1.86. The molecule has 1 N–H and O–H groups in total. The van der Waals surface area contributed by atoms with Crippen molar-refractivity contribution >= 4 is 11.9 Å². The van der Waals surface area contributed by atoms with Crippen molar-refractivity contribution in [2.75, 3.05) is 6.61 Å². The third-order valence-electron chi connectivity index (χ3n) is 3.11. The lowest BCUT2D eigenvalue weighted by Gasteiger charge is -2.16. The minimum atomic E-state index is -0.174. The number of tetrazole rings is 1. The third-order valence-corrected chi connectivity index (χ3v) is 3.11. The first-order valence-corrected chi connectivity index (χ1v) is 7.08. The monoisotopic (exact) mass is 308 g/mol. The van der Waals surface area contributed by atoms with Crippen LogP contribution < -0.4 is 9.84 Å². The predicted molar refractivity (Wildman–Crippen MR) is 83.9 cm³/mol. The summed E-state index contributed by atoms with van der Waals surface area (Å²) in [6.07, 6.45) is 1.53. The van der Waals surface area contributed by atoms with Gasteiger partial charge in [-0.05, 0) is 35.9 Å². The average molecular weight is 308 g/mol. The molecule has 0 aliphatic heterocycles. The second-order valence-electron chi connectivity index (χ2n) is 4.65. The average Bonchev–Trinajstić information content (AvgIpc) is 3.11. The van der Waals surface area contributed by atoms with Crippen molar-refractivity contribution in [2.45, 2.75) is 6.92 Å². The number of benzene rings is 2. The zero-order valence-electron chi connectivity index (χ0n) is 12.4. The number of hydrogen-bond acceptors (Lipinski definition) is 6. The highest BCUT2D eigenvalue weighted by atomic mass is 16.5. The SMILES string of the molecule is CCOc1cccc(C=Nc2cccc(-c3nn[nH]n3)c2)c1[O-]. The Bertz CT molecular complexity index is 815. The van der Waals surface area contributed by atoms with Crippen molar-refractivity contribution in [3.8, 4) is 22.9 Å². The van der Waals surface area contributed by atoms with E-state index < -0.39 is 0 Å². The molecule has 116 valence electrons. The fourth-order valence-electron chi connectivity index (χ4n) is 2.06. The molecule has 0 amide bonds. The van der Waals surface area contributed by atoms with Gasteiger partial charge in [-0.2, -0.15) is 5.21 Å². The molecule has 0 saturated heterocycles. The van der Waals surface area contributed by atoms with Gasteiger partial charge in [0.1, 0.15) is 5.75 Å². The Morgan fingerprint density at radius 2 is 2.13 bits per heavy atom. The largest absolute Gasteiger partial charge is 0.870 e. The number of H-pyrrole nitrogens is 1. The van der Waals surface area contributed by atoms with Gasteiger partial charge in [-0.1, -0.05) is 30.0 Å². The Morgan fingerprint density at radius 1 is 1.26 bits per heavy atom. The molecule has 0 fully saturated rings. The molecule has 3 aromatic rings. The molecule has 0 saturated carbocycles. The first-order valence-electron chi connectivity index (χ1n) is 7.08. The molecule has 1 heterocycles. The molecular formula is C16H14N5O2-. The Kier molecular flexibility index (Phi) is 4.28. The van der Waals surface area contributed by atoms with Crippen LogP contribution in [0.5, 0.6) is 11.5 Å². The van der Waals surface area contributed by atoms with Gasteiger partial charge in [-0.15, -0.1) is 10.2 Å². The summed E-state index contributed by atoms with van der Waals surface area (Å²) in [5.74, 6) is 0.648. The van der Waals surface area contributed by atoms with Crippen LogP contribution in [0.25, 0.3) is 11.4 Å². The number of para-hydroxylation sites is 1. The van der Waals surface area contributed by atoms with Crippen LogP contribution in [-0.4, -0.2) is 33.4 Å². The molecular weight excluding hydrogens is 294 g/mol. The zero-order chi connectivity index (χ0) is 16.1. The summed E-state index contributed by atoms with van der Waals surface area (Å²) in [7, 11) is 0. The maximum atomic E-state index is 12.2. The fourth-order valence-corrected chi connectivity index (χ4v) is 2.06. The van der Waals surface area contributed by atoms with Gasteiger partial charge in [0.05, 0.1) is 12.3 Å². The highest BCUT2D eigenvalue weighted by Crippen LogP contribution is 2.26. The second kappa shape index (κ2) is 6.69. The van der Waals surface area contributed by atoms with Crippen molar-refractivity contribution in [1.82, 2.24) is 20.6 Å². The smallest absolute Gasteiger partial charge is 0.204 e. The van der Waals surface area contributed by atoms with Crippen LogP contribution in [0.1, 0.15) is 12.5 Å². The van der Waals surface area contributed by atoms with E-state index in [1.807, 2.05) is 31.2 Å². The van der Waals surface area contributed by atoms with Crippen molar-refractivity contribution in [2.24, 2.45) is 4.99 Å². The van der Waals surface area contributed by atoms with Crippen LogP contribution in [0.2, 0.25) is 0 Å². The van der Waals surface area contributed by atoms with Gasteiger partial charge < -0.3 is 9.84 Å². The van der Waals surface area contributed by atoms with E-state index in [0.717, 1.165) is 5.56 Å². The lowest BCUT2D eigenvalue weighted by Crippen LogP contribution is -2.01. The Morgan fingerprint density at radius 3 is 2.91 bits per heavy atom. The minimum absolute atomic E-state index is 0.174. The number of nitrogens with zero attached hydrogens (tertiary/aromatic N) is 4. The molecule has 0 bridgehead atoms. The highest BCUT2D eigenvalue weighted by molar-refractivity contribution is 5.86. The maximum Gasteiger partial charge on any atom is 0.204 e. The summed E-state index contributed by atoms with van der Waals surface area (Å²) >= 11 is 0. The lowest BCUT2D eigenvalue weighted by molar-refractivity contribution is -0.270. The van der Waals surface area contributed by atoms with E-state index >= 15 is 0 Å². The molecule has 3 rings (SSSR count). The van der Waals surface area contributed by atoms with Crippen LogP contribution in [-0.2, 0) is 0 Å². The predicted octanol–water partition coefficient (Wildman–Crippen LogP) is 2.09. The van der Waals surface area contributed by atoms with Crippen LogP contribution in [0.3, 0.4) is 0 Å². The van der Waals surface area contributed by atoms with Crippen molar-refractivity contribution < 1.29 is 9.84 Å². The molecule has 7 nitrogen and oxygen atoms in total. The van der Waals surface area contributed by atoms with Crippen LogP contribution >= 0.6 is 0 Å². The second-order valence-corrected chi connectivity index (χ2v) is 4.65. The van der Waals surface area contributed by atoms with Gasteiger partial charge in [0, 0.05) is 11.8 Å². The maximum absolute atomic E-state index is 12.2. The standard InChI is InChI=1S/C16H15N5O2/c1-2-23-14-8-4-6-12(15(14)22)10-17-13-7-3-5-11(9-13)16-18-20-21-19-16/h3-10,22H,2H2,1H3,(H,18,19,20,21)/p-1. The number of hydrogen-bond donors (Lipinski definition) is 1. The summed E-state index contributed by atoms with van der Waals surface area (Å²) in [6.45, 7) is 2.28. The number of aromatic nitrogens is 4. The van der Waals surface area contributed by atoms with E-state index in [4.69, 9.17) is 4.74 Å². The van der Waals surface area contributed by atoms with Gasteiger partial charge in [0.15, 0.2) is 0 Å². The quantitative estimate of drug-likeness (QED) is 0.728. The van der Waals surface area contributed by atoms with E-state index in [1.54, 1.807) is 18.2 Å². The summed E-state index contributed by atoms with van der Waals surface area (Å²) in [5.41, 5.74) is 1.95. The molecule has 0 aliphatic rings. The normalized spacial score (nSPS) is 11.0. The van der Waals surface area contributed by atoms with E-state index in [2.05, 4.69) is 25.6 Å². The van der Waals surface area contributed by atoms with Crippen molar-refractivity contribution in [3.63, 3.8) is 0 Å². The zero-order valence-corrected chi connectivity index (χ0v) is 12.4. The minimum Gasteiger partial charge on any atom is -0.870 e. The van der Waals surface area contributed by atoms with Gasteiger partial charge in [-0.25, -0.2) is 0 Å². The molecule has 1 aromatic heterocycles. The first-order chi connectivity index (χ1) is 11.3. The molecule has 2 aromatic carbocycles. The van der Waals surface area contributed by atoms with Crippen LogP contribution in [0.4, 0.5) is 5.69 Å². The van der Waals surface area contributed by atoms with Gasteiger partial charge in [0.2, 0.25) is 5.82 Å². The van der Waals surface area contributed by atoms with E-state index in [1.165, 1.54) is 6.21 Å². The van der Waals surface area contributed by atoms with Gasteiger partial charge in [0.25, 0.3) is 0 Å². The number of nitrogens with one attached hydrogen (secondary N) is 1. The fraction of sp³-hybridized carbons (Fsp3) is 0.125. The topological polar surface area (TPSA) is 99.1 Å². The summed E-state index contributed by atoms with van der Waals surface area (Å²) in [5, 5.41) is 26.0. The molecule has 0 aliphatic carbocycles. The van der Waals surface area contributed by atoms with Crippen LogP contribution in [0, 0.1) is 0 Å². The Labute approximate surface area is 132 Å². The molecule has 7 heteroatoms. The van der Waals surface area contributed by atoms with Crippen molar-refractivity contribution in [3.05, 3.63) is 48.0 Å². The Hall–Kier alpha value is -3.22. The van der Waals surface area contributed by atoms with E-state index in [-0.39, 0.29) is 5.75 Å². The first kappa shape index (κ1) is 14.7. The molecule has 0 atom stereocenters. The molecule has 0 unspecified atom stereocenters. The van der Waals surface area contributed by atoms with Gasteiger partial charge in [-0.3, -0.25) is 4.99 Å². The number of aliphatic imine (C=N–C) groups is 1. The van der Waals surface area contributed by atoms with Gasteiger partial charge >= 0.3 is 0 Å². The molecule has 0 spiro atoms. The lowest BCUT2D eigenvalue weighted by atomic mass is 10.2. The summed E-state index contributed by atoms with van der Waals surface area (Å²) < 4.78 is 5.30. The van der Waals surface area contributed by atoms with Crippen LogP contribution in [0.15, 0.2) is 47.5 Å². The van der Waals surface area contributed by atoms with E-state index in [0.29, 0.717) is 29.4 Å².